The Labute approximate surface area is 278 Å². The number of ether oxygens (including phenoxy) is 2. The second kappa shape index (κ2) is 28.4. The summed E-state index contributed by atoms with van der Waals surface area (Å²) in [5, 5.41) is 2.63. The second-order valence-electron chi connectivity index (χ2n) is 14.9. The zero-order chi connectivity index (χ0) is 33.8. The van der Waals surface area contributed by atoms with Crippen molar-refractivity contribution in [3.05, 3.63) is 12.2 Å². The van der Waals surface area contributed by atoms with E-state index in [0.717, 1.165) is 31.1 Å². The predicted octanol–water partition coefficient (Wildman–Crippen LogP) is 10.8. The van der Waals surface area contributed by atoms with Crippen LogP contribution in [0.4, 0.5) is 0 Å². The summed E-state index contributed by atoms with van der Waals surface area (Å²) in [6.45, 7) is 14.4. The van der Waals surface area contributed by atoms with Crippen LogP contribution in [0.25, 0.3) is 0 Å². The maximum Gasteiger partial charge on any atom is 0.325 e. The number of amides is 1. The van der Waals surface area contributed by atoms with Crippen molar-refractivity contribution < 1.29 is 23.9 Å². The first-order chi connectivity index (χ1) is 21.4. The normalized spacial score (nSPS) is 12.6. The van der Waals surface area contributed by atoms with E-state index in [1.54, 1.807) is 20.8 Å². The van der Waals surface area contributed by atoms with Gasteiger partial charge in [-0.05, 0) is 64.7 Å². The summed E-state index contributed by atoms with van der Waals surface area (Å²) < 4.78 is 11.0. The Morgan fingerprint density at radius 1 is 0.600 bits per heavy atom. The molecule has 0 aliphatic carbocycles. The molecule has 0 fully saturated rings. The Balaban J connectivity index is 4.36. The minimum Gasteiger partial charge on any atom is -0.462 e. The lowest BCUT2D eigenvalue weighted by Crippen LogP contribution is -2.36. The van der Waals surface area contributed by atoms with Gasteiger partial charge in [-0.1, -0.05) is 136 Å². The number of nitrogens with one attached hydrogen (secondary N) is 1. The van der Waals surface area contributed by atoms with Gasteiger partial charge in [0.15, 0.2) is 0 Å². The molecule has 0 rings (SSSR count). The molecule has 0 aliphatic heterocycles. The molecular weight excluding hydrogens is 562 g/mol. The Bertz CT molecular complexity index is 768. The largest absolute Gasteiger partial charge is 0.462 e. The molecule has 0 bridgehead atoms. The average Bonchev–Trinajstić information content (AvgIpc) is 2.94. The maximum atomic E-state index is 12.6. The van der Waals surface area contributed by atoms with E-state index >= 15 is 0 Å². The highest BCUT2D eigenvalue weighted by molar-refractivity contribution is 5.82. The van der Waals surface area contributed by atoms with E-state index in [0.29, 0.717) is 19.3 Å². The first kappa shape index (κ1) is 43.1. The molecule has 45 heavy (non-hydrogen) atoms. The average molecular weight is 636 g/mol. The van der Waals surface area contributed by atoms with Crippen molar-refractivity contribution in [3.63, 3.8) is 0 Å². The molecule has 1 atom stereocenters. The highest BCUT2D eigenvalue weighted by Crippen LogP contribution is 2.17. The van der Waals surface area contributed by atoms with Crippen LogP contribution in [0.15, 0.2) is 12.2 Å². The number of hydrogen-bond acceptors (Lipinski definition) is 5. The first-order valence-electron chi connectivity index (χ1n) is 18.7. The molecule has 0 aromatic carbocycles. The van der Waals surface area contributed by atoms with E-state index in [4.69, 9.17) is 9.47 Å². The third-order valence-corrected chi connectivity index (χ3v) is 7.95. The number of rotatable bonds is 29. The minimum atomic E-state index is -0.602. The SMILES string of the molecule is CC(C)CCCCCCCCCC=CCCC(=O)OC(CCCCCCCCCCC(C)C)CC(=O)NCC(=O)OC(C)(C)C. The standard InChI is InChI=1S/C39H73NO5/c1-33(2)27-23-19-15-11-9-8-10-12-18-22-26-30-37(42)44-35(31-36(41)40-32-38(43)45-39(5,6)7)29-25-21-17-14-13-16-20-24-28-34(3)4/h18,22,33-35H,8-17,19-21,23-32H2,1-7H3,(H,40,41). The van der Waals surface area contributed by atoms with Crippen LogP contribution in [0.3, 0.4) is 0 Å². The molecule has 264 valence electrons. The van der Waals surface area contributed by atoms with Gasteiger partial charge in [0.05, 0.1) is 6.42 Å². The summed E-state index contributed by atoms with van der Waals surface area (Å²) in [7, 11) is 0. The zero-order valence-electron chi connectivity index (χ0n) is 30.7. The van der Waals surface area contributed by atoms with Crippen LogP contribution in [0, 0.1) is 11.8 Å². The Morgan fingerprint density at radius 2 is 1.04 bits per heavy atom. The lowest BCUT2D eigenvalue weighted by atomic mass is 10.0. The number of carbonyl (C=O) groups excluding carboxylic acids is 3. The second-order valence-corrected chi connectivity index (χ2v) is 14.9. The number of hydrogen-bond donors (Lipinski definition) is 1. The van der Waals surface area contributed by atoms with E-state index in [-0.39, 0.29) is 24.8 Å². The molecule has 0 saturated heterocycles. The fourth-order valence-electron chi connectivity index (χ4n) is 5.40. The van der Waals surface area contributed by atoms with Gasteiger partial charge in [-0.2, -0.15) is 0 Å². The van der Waals surface area contributed by atoms with Crippen molar-refractivity contribution in [1.82, 2.24) is 5.32 Å². The number of carbonyl (C=O) groups is 3. The highest BCUT2D eigenvalue weighted by Gasteiger charge is 2.20. The molecule has 0 saturated carbocycles. The van der Waals surface area contributed by atoms with Gasteiger partial charge in [-0.25, -0.2) is 0 Å². The van der Waals surface area contributed by atoms with Crippen molar-refractivity contribution >= 4 is 17.8 Å². The van der Waals surface area contributed by atoms with Gasteiger partial charge < -0.3 is 14.8 Å². The van der Waals surface area contributed by atoms with Crippen LogP contribution < -0.4 is 5.32 Å². The topological polar surface area (TPSA) is 81.7 Å². The summed E-state index contributed by atoms with van der Waals surface area (Å²) in [4.78, 5) is 37.2. The third-order valence-electron chi connectivity index (χ3n) is 7.95. The van der Waals surface area contributed by atoms with E-state index < -0.39 is 17.7 Å². The van der Waals surface area contributed by atoms with E-state index in [9.17, 15) is 14.4 Å². The Morgan fingerprint density at radius 3 is 1.53 bits per heavy atom. The van der Waals surface area contributed by atoms with Crippen LogP contribution in [-0.4, -0.2) is 36.1 Å². The molecule has 0 heterocycles. The molecular formula is C39H73NO5. The third kappa shape index (κ3) is 33.3. The molecule has 0 aromatic rings. The molecule has 1 N–H and O–H groups in total. The van der Waals surface area contributed by atoms with E-state index in [1.165, 1.54) is 96.3 Å². The van der Waals surface area contributed by atoms with Gasteiger partial charge in [0.2, 0.25) is 5.91 Å². The zero-order valence-corrected chi connectivity index (χ0v) is 30.7. The number of allylic oxidation sites excluding steroid dienone is 2. The van der Waals surface area contributed by atoms with Gasteiger partial charge >= 0.3 is 11.9 Å². The lowest BCUT2D eigenvalue weighted by molar-refractivity contribution is -0.156. The van der Waals surface area contributed by atoms with E-state index in [1.807, 2.05) is 0 Å². The monoisotopic (exact) mass is 636 g/mol. The summed E-state index contributed by atoms with van der Waals surface area (Å²) in [6.07, 6.45) is 28.0. The quantitative estimate of drug-likeness (QED) is 0.0502. The summed E-state index contributed by atoms with van der Waals surface area (Å²) in [5.74, 6) is 0.584. The van der Waals surface area contributed by atoms with Crippen molar-refractivity contribution in [2.45, 2.75) is 201 Å². The first-order valence-corrected chi connectivity index (χ1v) is 18.7. The molecule has 0 aromatic heterocycles. The van der Waals surface area contributed by atoms with Gasteiger partial charge in [-0.3, -0.25) is 14.4 Å². The summed E-state index contributed by atoms with van der Waals surface area (Å²) in [5.41, 5.74) is -0.602. The summed E-state index contributed by atoms with van der Waals surface area (Å²) >= 11 is 0. The highest BCUT2D eigenvalue weighted by atomic mass is 16.6. The van der Waals surface area contributed by atoms with Crippen molar-refractivity contribution in [3.8, 4) is 0 Å². The number of unbranched alkanes of at least 4 members (excludes halogenated alkanes) is 14. The molecule has 1 amide bonds. The van der Waals surface area contributed by atoms with Crippen molar-refractivity contribution in [1.29, 1.82) is 0 Å². The predicted molar refractivity (Wildman–Crippen MR) is 189 cm³/mol. The van der Waals surface area contributed by atoms with Crippen LogP contribution in [0.2, 0.25) is 0 Å². The smallest absolute Gasteiger partial charge is 0.325 e. The van der Waals surface area contributed by atoms with Crippen LogP contribution in [0.5, 0.6) is 0 Å². The van der Waals surface area contributed by atoms with Crippen LogP contribution >= 0.6 is 0 Å². The molecule has 1 unspecified atom stereocenters. The van der Waals surface area contributed by atoms with Crippen molar-refractivity contribution in [2.24, 2.45) is 11.8 Å². The van der Waals surface area contributed by atoms with Gasteiger partial charge in [0.25, 0.3) is 0 Å². The molecule has 0 spiro atoms. The summed E-state index contributed by atoms with van der Waals surface area (Å²) in [6, 6.07) is 0. The Hall–Kier alpha value is -1.85. The van der Waals surface area contributed by atoms with Crippen LogP contribution in [0.1, 0.15) is 190 Å². The minimum absolute atomic E-state index is 0.0674. The fraction of sp³-hybridized carbons (Fsp3) is 0.872. The van der Waals surface area contributed by atoms with Crippen LogP contribution in [-0.2, 0) is 23.9 Å². The fourth-order valence-corrected chi connectivity index (χ4v) is 5.40. The van der Waals surface area contributed by atoms with Crippen molar-refractivity contribution in [2.75, 3.05) is 6.54 Å². The Kier molecular flexibility index (Phi) is 27.2. The molecule has 6 heteroatoms. The lowest BCUT2D eigenvalue weighted by Gasteiger charge is -2.20. The maximum absolute atomic E-state index is 12.6. The molecule has 6 nitrogen and oxygen atoms in total. The molecule has 0 aliphatic rings. The molecule has 0 radical (unpaired) electrons. The van der Waals surface area contributed by atoms with Gasteiger partial charge in [0.1, 0.15) is 18.2 Å². The van der Waals surface area contributed by atoms with Gasteiger partial charge in [0, 0.05) is 6.42 Å². The van der Waals surface area contributed by atoms with Gasteiger partial charge in [-0.15, -0.1) is 0 Å². The number of esters is 2. The van der Waals surface area contributed by atoms with E-state index in [2.05, 4.69) is 45.2 Å².